The molecule has 38 heavy (non-hydrogen) atoms. The van der Waals surface area contributed by atoms with E-state index >= 15 is 0 Å². The van der Waals surface area contributed by atoms with E-state index in [1.165, 1.54) is 20.2 Å². The highest BCUT2D eigenvalue weighted by Gasteiger charge is 2.62. The van der Waals surface area contributed by atoms with Gasteiger partial charge in [-0.25, -0.2) is 9.59 Å². The van der Waals surface area contributed by atoms with Crippen molar-refractivity contribution < 1.29 is 23.7 Å². The highest BCUT2D eigenvalue weighted by molar-refractivity contribution is 5.81. The third kappa shape index (κ3) is 5.53. The lowest BCUT2D eigenvalue weighted by atomic mass is 9.94. The molecule has 198 valence electrons. The van der Waals surface area contributed by atoms with Crippen LogP contribution in [0, 0.1) is 6.92 Å². The van der Waals surface area contributed by atoms with E-state index in [1.807, 2.05) is 60.7 Å². The van der Waals surface area contributed by atoms with Gasteiger partial charge in [0.15, 0.2) is 6.23 Å². The minimum absolute atomic E-state index is 0.0377. The number of aryl methyl sites for hydroxylation is 1. The Hall–Kier alpha value is -4.22. The number of H-pyrrole nitrogens is 1. The highest BCUT2D eigenvalue weighted by atomic mass is 16.6. The molecule has 12 heteroatoms. The Kier molecular flexibility index (Phi) is 8.39. The van der Waals surface area contributed by atoms with Gasteiger partial charge < -0.3 is 18.9 Å². The number of carbonyl (C=O) groups is 1. The quantitative estimate of drug-likeness (QED) is 0.186. The van der Waals surface area contributed by atoms with Gasteiger partial charge >= 0.3 is 11.7 Å². The van der Waals surface area contributed by atoms with Crippen molar-refractivity contribution in [2.24, 2.45) is 5.11 Å². The van der Waals surface area contributed by atoms with Crippen LogP contribution in [-0.2, 0) is 37.0 Å². The zero-order chi connectivity index (χ0) is 27.1. The van der Waals surface area contributed by atoms with E-state index in [9.17, 15) is 19.9 Å². The van der Waals surface area contributed by atoms with E-state index < -0.39 is 41.2 Å². The molecule has 0 amide bonds. The van der Waals surface area contributed by atoms with Gasteiger partial charge in [0.1, 0.15) is 12.1 Å². The molecule has 3 aromatic rings. The highest BCUT2D eigenvalue weighted by Crippen LogP contribution is 2.42. The lowest BCUT2D eigenvalue weighted by Gasteiger charge is -2.32. The van der Waals surface area contributed by atoms with Crippen LogP contribution in [0.4, 0.5) is 0 Å². The number of nitrogens with zero attached hydrogens (tertiary/aromatic N) is 4. The fourth-order valence-electron chi connectivity index (χ4n) is 4.35. The van der Waals surface area contributed by atoms with Gasteiger partial charge in [-0.2, -0.15) is 0 Å². The molecular weight excluding hydrogens is 494 g/mol. The molecule has 0 aliphatic carbocycles. The van der Waals surface area contributed by atoms with Crippen molar-refractivity contribution in [3.05, 3.63) is 115 Å². The summed E-state index contributed by atoms with van der Waals surface area (Å²) in [6.07, 6.45) is -1.25. The van der Waals surface area contributed by atoms with Gasteiger partial charge in [-0.05, 0) is 23.6 Å². The largest absolute Gasteiger partial charge is 0.467 e. The van der Waals surface area contributed by atoms with E-state index in [0.29, 0.717) is 0 Å². The average Bonchev–Trinajstić information content (AvgIpc) is 3.24. The van der Waals surface area contributed by atoms with Crippen LogP contribution in [0.5, 0.6) is 0 Å². The van der Waals surface area contributed by atoms with Crippen molar-refractivity contribution in [1.82, 2.24) is 9.55 Å². The van der Waals surface area contributed by atoms with Crippen LogP contribution >= 0.6 is 0 Å². The second-order valence-electron chi connectivity index (χ2n) is 8.76. The molecule has 12 nitrogen and oxygen atoms in total. The number of benzene rings is 2. The molecule has 2 heterocycles. The normalized spacial score (nSPS) is 22.5. The van der Waals surface area contributed by atoms with E-state index in [0.717, 1.165) is 15.7 Å². The first-order valence-electron chi connectivity index (χ1n) is 11.8. The molecule has 1 aromatic heterocycles. The Morgan fingerprint density at radius 1 is 1.11 bits per heavy atom. The van der Waals surface area contributed by atoms with Crippen LogP contribution in [-0.4, -0.2) is 47.0 Å². The van der Waals surface area contributed by atoms with Gasteiger partial charge in [0.05, 0.1) is 26.9 Å². The molecule has 4 rings (SSSR count). The van der Waals surface area contributed by atoms with Gasteiger partial charge in [-0.1, -0.05) is 65.8 Å². The summed E-state index contributed by atoms with van der Waals surface area (Å²) >= 11 is 0. The Balaban J connectivity index is 1.77. The Bertz CT molecular complexity index is 1420. The van der Waals surface area contributed by atoms with E-state index in [2.05, 4.69) is 15.0 Å². The maximum atomic E-state index is 13.3. The summed E-state index contributed by atoms with van der Waals surface area (Å²) in [5.41, 5.74) is 7.96. The summed E-state index contributed by atoms with van der Waals surface area (Å²) in [6, 6.07) is 17.3. The van der Waals surface area contributed by atoms with Gasteiger partial charge in [0.25, 0.3) is 5.56 Å². The predicted octanol–water partition coefficient (Wildman–Crippen LogP) is 2.77. The number of azide groups is 1. The number of aromatic amines is 1. The van der Waals surface area contributed by atoms with Crippen molar-refractivity contribution in [1.29, 1.82) is 0 Å². The van der Waals surface area contributed by atoms with Crippen LogP contribution in [0.3, 0.4) is 0 Å². The number of hydrogen-bond acceptors (Lipinski definition) is 8. The van der Waals surface area contributed by atoms with E-state index in [4.69, 9.17) is 18.9 Å². The first-order valence-corrected chi connectivity index (χ1v) is 11.8. The minimum atomic E-state index is -1.91. The van der Waals surface area contributed by atoms with Crippen LogP contribution in [0.1, 0.15) is 22.9 Å². The number of rotatable bonds is 10. The molecule has 4 atom stereocenters. The fourth-order valence-corrected chi connectivity index (χ4v) is 4.35. The number of esters is 1. The minimum Gasteiger partial charge on any atom is -0.467 e. The molecule has 0 saturated carbocycles. The first kappa shape index (κ1) is 26.8. The monoisotopic (exact) mass is 521 g/mol. The lowest BCUT2D eigenvalue weighted by Crippen LogP contribution is -2.54. The van der Waals surface area contributed by atoms with E-state index in [-0.39, 0.29) is 25.4 Å². The molecular formula is C26H27N5O7. The maximum Gasteiger partial charge on any atom is 0.343 e. The van der Waals surface area contributed by atoms with Crippen LogP contribution in [0.15, 0.2) is 81.6 Å². The van der Waals surface area contributed by atoms with Gasteiger partial charge in [-0.3, -0.25) is 14.3 Å². The molecule has 0 spiro atoms. The summed E-state index contributed by atoms with van der Waals surface area (Å²) in [6.45, 7) is 1.35. The fraction of sp³-hybridized carbons (Fsp3) is 0.346. The van der Waals surface area contributed by atoms with Gasteiger partial charge in [0, 0.05) is 16.7 Å². The molecule has 0 radical (unpaired) electrons. The lowest BCUT2D eigenvalue weighted by molar-refractivity contribution is -0.197. The van der Waals surface area contributed by atoms with Crippen LogP contribution in [0.2, 0.25) is 0 Å². The third-order valence-corrected chi connectivity index (χ3v) is 6.23. The second kappa shape index (κ2) is 11.9. The number of nitrogens with one attached hydrogen (secondary N) is 1. The number of ether oxygens (including phenoxy) is 4. The Labute approximate surface area is 217 Å². The molecule has 1 aliphatic heterocycles. The summed E-state index contributed by atoms with van der Waals surface area (Å²) in [5.74, 6) is -0.835. The summed E-state index contributed by atoms with van der Waals surface area (Å²) < 4.78 is 24.5. The number of carbonyl (C=O) groups excluding carboxylic acids is 1. The summed E-state index contributed by atoms with van der Waals surface area (Å²) in [5, 5.41) is 3.86. The van der Waals surface area contributed by atoms with Crippen molar-refractivity contribution >= 4 is 5.97 Å². The molecule has 1 aliphatic rings. The summed E-state index contributed by atoms with van der Waals surface area (Å²) in [4.78, 5) is 43.2. The predicted molar refractivity (Wildman–Crippen MR) is 135 cm³/mol. The Morgan fingerprint density at radius 3 is 2.34 bits per heavy atom. The SMILES string of the molecule is COC(=O)[C@]1(COCc2ccccc2)O[C@@H](n2cc(C)c(=O)[nH]c2=O)[C@H](N=[N+]=[N-])[C@@H]1OCc1ccccc1. The smallest absolute Gasteiger partial charge is 0.343 e. The van der Waals surface area contributed by atoms with Crippen LogP contribution < -0.4 is 11.2 Å². The third-order valence-electron chi connectivity index (χ3n) is 6.23. The summed E-state index contributed by atoms with van der Waals surface area (Å²) in [7, 11) is 1.19. The standard InChI is InChI=1S/C26H27N5O7/c1-17-13-31(25(34)28-22(17)32)23-20(29-30-27)21(37-15-19-11-7-4-8-12-19)26(38-23,24(33)35-2)16-36-14-18-9-5-3-6-10-18/h3-13,20-21,23H,14-16H2,1-2H3,(H,28,32,34)/t20-,21+,23-,26-/m1/s1. The second-order valence-corrected chi connectivity index (χ2v) is 8.76. The first-order chi connectivity index (χ1) is 18.4. The Morgan fingerprint density at radius 2 is 1.74 bits per heavy atom. The molecule has 1 N–H and O–H groups in total. The zero-order valence-corrected chi connectivity index (χ0v) is 20.9. The van der Waals surface area contributed by atoms with E-state index in [1.54, 1.807) is 0 Å². The van der Waals surface area contributed by atoms with Crippen molar-refractivity contribution in [2.75, 3.05) is 13.7 Å². The molecule has 1 saturated heterocycles. The number of aromatic nitrogens is 2. The van der Waals surface area contributed by atoms with Crippen molar-refractivity contribution in [3.8, 4) is 0 Å². The molecule has 0 unspecified atom stereocenters. The number of methoxy groups -OCH3 is 1. The number of hydrogen-bond donors (Lipinski definition) is 1. The zero-order valence-electron chi connectivity index (χ0n) is 20.9. The van der Waals surface area contributed by atoms with Crippen molar-refractivity contribution in [3.63, 3.8) is 0 Å². The maximum absolute atomic E-state index is 13.3. The van der Waals surface area contributed by atoms with Crippen LogP contribution in [0.25, 0.3) is 10.4 Å². The molecule has 2 aromatic carbocycles. The topological polar surface area (TPSA) is 158 Å². The van der Waals surface area contributed by atoms with Gasteiger partial charge in [-0.15, -0.1) is 0 Å². The average molecular weight is 522 g/mol. The van der Waals surface area contributed by atoms with Gasteiger partial charge in [0.2, 0.25) is 5.60 Å². The molecule has 1 fully saturated rings. The molecule has 0 bridgehead atoms. The van der Waals surface area contributed by atoms with Crippen molar-refractivity contribution in [2.45, 2.75) is 44.1 Å².